The van der Waals surface area contributed by atoms with Crippen molar-refractivity contribution in [1.29, 1.82) is 0 Å². The Balaban J connectivity index is 1.26. The molecule has 2 aromatic carbocycles. The fourth-order valence-electron chi connectivity index (χ4n) is 6.87. The van der Waals surface area contributed by atoms with E-state index in [9.17, 15) is 9.18 Å². The van der Waals surface area contributed by atoms with Gasteiger partial charge in [0, 0.05) is 35.1 Å². The first-order chi connectivity index (χ1) is 18.3. The van der Waals surface area contributed by atoms with Crippen LogP contribution in [0.25, 0.3) is 0 Å². The molecule has 3 fully saturated rings. The second kappa shape index (κ2) is 12.1. The number of halogens is 2. The van der Waals surface area contributed by atoms with Gasteiger partial charge < -0.3 is 14.7 Å². The van der Waals surface area contributed by atoms with Crippen molar-refractivity contribution < 1.29 is 9.18 Å². The van der Waals surface area contributed by atoms with E-state index >= 15 is 0 Å². The van der Waals surface area contributed by atoms with Crippen molar-refractivity contribution in [3.05, 3.63) is 69.5 Å². The topological polar surface area (TPSA) is 26.8 Å². The number of aryl methyl sites for hydroxylation is 2. The van der Waals surface area contributed by atoms with Gasteiger partial charge in [0.15, 0.2) is 0 Å². The summed E-state index contributed by atoms with van der Waals surface area (Å²) in [6.45, 7) is 11.7. The summed E-state index contributed by atoms with van der Waals surface area (Å²) in [6.07, 6.45) is 8.63. The van der Waals surface area contributed by atoms with Gasteiger partial charge >= 0.3 is 0 Å². The zero-order chi connectivity index (χ0) is 26.7. The normalized spacial score (nSPS) is 23.7. The minimum Gasteiger partial charge on any atom is -0.341 e. The van der Waals surface area contributed by atoms with E-state index in [2.05, 4.69) is 41.8 Å². The molecule has 1 atom stereocenters. The number of piperidine rings is 2. The third-order valence-corrected chi connectivity index (χ3v) is 9.94. The number of rotatable bonds is 7. The van der Waals surface area contributed by atoms with Crippen molar-refractivity contribution in [2.45, 2.75) is 76.7 Å². The molecule has 0 bridgehead atoms. The molecule has 3 aliphatic heterocycles. The molecule has 0 N–H and O–H groups in total. The standard InChI is InChI=1S/C32H43ClFN3O/c1-24-9-10-26(21-25(24)2)32(13-19-35-17-11-27(12-18-35)36-15-4-3-5-16-36)14-20-37(23-32)31(38)22-28-29(33)7-6-8-30(28)34/h6-10,21,27H,3-5,11-20,22-23H2,1-2H3/t32-/m1/s1. The molecule has 38 heavy (non-hydrogen) atoms. The summed E-state index contributed by atoms with van der Waals surface area (Å²) in [7, 11) is 0. The van der Waals surface area contributed by atoms with Gasteiger partial charge in [-0.05, 0) is 114 Å². The number of nitrogens with zero attached hydrogens (tertiary/aromatic N) is 3. The van der Waals surface area contributed by atoms with Crippen LogP contribution in [0.3, 0.4) is 0 Å². The lowest BCUT2D eigenvalue weighted by molar-refractivity contribution is -0.129. The monoisotopic (exact) mass is 539 g/mol. The number of carbonyl (C=O) groups excluding carboxylic acids is 1. The highest BCUT2D eigenvalue weighted by molar-refractivity contribution is 6.31. The van der Waals surface area contributed by atoms with Crippen LogP contribution < -0.4 is 0 Å². The highest BCUT2D eigenvalue weighted by Gasteiger charge is 2.42. The van der Waals surface area contributed by atoms with Crippen molar-refractivity contribution in [3.8, 4) is 0 Å². The quantitative estimate of drug-likeness (QED) is 0.422. The van der Waals surface area contributed by atoms with E-state index in [4.69, 9.17) is 11.6 Å². The van der Waals surface area contributed by atoms with Crippen molar-refractivity contribution in [3.63, 3.8) is 0 Å². The smallest absolute Gasteiger partial charge is 0.227 e. The van der Waals surface area contributed by atoms with E-state index in [1.165, 1.54) is 81.0 Å². The van der Waals surface area contributed by atoms with Gasteiger partial charge in [0.1, 0.15) is 5.82 Å². The molecule has 0 aromatic heterocycles. The van der Waals surface area contributed by atoms with Gasteiger partial charge in [-0.1, -0.05) is 42.3 Å². The maximum atomic E-state index is 14.4. The van der Waals surface area contributed by atoms with Gasteiger partial charge in [0.25, 0.3) is 0 Å². The SMILES string of the molecule is Cc1ccc([C@]2(CCN3CCC(N4CCCCC4)CC3)CCN(C(=O)Cc3c(F)cccc3Cl)C2)cc1C. The van der Waals surface area contributed by atoms with E-state index in [1.807, 2.05) is 4.90 Å². The molecule has 5 rings (SSSR count). The number of hydrogen-bond donors (Lipinski definition) is 0. The van der Waals surface area contributed by atoms with E-state index < -0.39 is 5.82 Å². The van der Waals surface area contributed by atoms with E-state index in [0.29, 0.717) is 23.7 Å². The van der Waals surface area contributed by atoms with Crippen LogP contribution in [0.4, 0.5) is 4.39 Å². The van der Waals surface area contributed by atoms with Gasteiger partial charge in [0.2, 0.25) is 5.91 Å². The number of likely N-dealkylation sites (tertiary alicyclic amines) is 3. The number of benzene rings is 2. The van der Waals surface area contributed by atoms with Crippen molar-refractivity contribution in [2.75, 3.05) is 45.8 Å². The third kappa shape index (κ3) is 6.11. The van der Waals surface area contributed by atoms with Crippen LogP contribution in [-0.2, 0) is 16.6 Å². The molecule has 3 saturated heterocycles. The van der Waals surface area contributed by atoms with Crippen molar-refractivity contribution in [2.24, 2.45) is 0 Å². The van der Waals surface area contributed by atoms with Gasteiger partial charge in [-0.3, -0.25) is 4.79 Å². The van der Waals surface area contributed by atoms with Gasteiger partial charge in [-0.2, -0.15) is 0 Å². The highest BCUT2D eigenvalue weighted by Crippen LogP contribution is 2.39. The summed E-state index contributed by atoms with van der Waals surface area (Å²) < 4.78 is 14.4. The average Bonchev–Trinajstić information content (AvgIpc) is 3.38. The van der Waals surface area contributed by atoms with Crippen LogP contribution in [-0.4, -0.2) is 72.5 Å². The lowest BCUT2D eigenvalue weighted by atomic mass is 9.75. The molecule has 0 unspecified atom stereocenters. The summed E-state index contributed by atoms with van der Waals surface area (Å²) in [6, 6.07) is 12.2. The molecule has 3 aliphatic rings. The molecule has 2 aromatic rings. The average molecular weight is 540 g/mol. The second-order valence-corrected chi connectivity index (χ2v) is 12.3. The van der Waals surface area contributed by atoms with Gasteiger partial charge in [-0.25, -0.2) is 4.39 Å². The molecule has 0 aliphatic carbocycles. The van der Waals surface area contributed by atoms with Crippen LogP contribution in [0.15, 0.2) is 36.4 Å². The predicted molar refractivity (Wildman–Crippen MR) is 153 cm³/mol. The Labute approximate surface area is 233 Å². The van der Waals surface area contributed by atoms with Gasteiger partial charge in [-0.15, -0.1) is 0 Å². The maximum Gasteiger partial charge on any atom is 0.227 e. The van der Waals surface area contributed by atoms with Gasteiger partial charge in [0.05, 0.1) is 6.42 Å². The Hall–Kier alpha value is -1.95. The zero-order valence-corrected chi connectivity index (χ0v) is 23.9. The highest BCUT2D eigenvalue weighted by atomic mass is 35.5. The molecule has 0 radical (unpaired) electrons. The predicted octanol–water partition coefficient (Wildman–Crippen LogP) is 6.15. The van der Waals surface area contributed by atoms with Crippen LogP contribution in [0, 0.1) is 19.7 Å². The summed E-state index contributed by atoms with van der Waals surface area (Å²) in [5.41, 5.74) is 4.16. The van der Waals surface area contributed by atoms with Crippen LogP contribution in [0.1, 0.15) is 67.2 Å². The summed E-state index contributed by atoms with van der Waals surface area (Å²) in [4.78, 5) is 20.7. The molecule has 206 valence electrons. The van der Waals surface area contributed by atoms with Crippen LogP contribution in [0.2, 0.25) is 5.02 Å². The summed E-state index contributed by atoms with van der Waals surface area (Å²) in [5.74, 6) is -0.441. The maximum absolute atomic E-state index is 14.4. The van der Waals surface area contributed by atoms with E-state index in [-0.39, 0.29) is 17.7 Å². The molecular weight excluding hydrogens is 497 g/mol. The number of amides is 1. The fourth-order valence-corrected chi connectivity index (χ4v) is 7.10. The third-order valence-electron chi connectivity index (χ3n) is 9.59. The molecule has 0 saturated carbocycles. The fraction of sp³-hybridized carbons (Fsp3) is 0.594. The summed E-state index contributed by atoms with van der Waals surface area (Å²) in [5, 5.41) is 0.325. The molecule has 3 heterocycles. The van der Waals surface area contributed by atoms with Crippen molar-refractivity contribution >= 4 is 17.5 Å². The minimum absolute atomic E-state index is 0.0124. The minimum atomic E-state index is -0.404. The molecule has 0 spiro atoms. The first-order valence-corrected chi connectivity index (χ1v) is 15.0. The first kappa shape index (κ1) is 27.6. The number of hydrogen-bond acceptors (Lipinski definition) is 3. The number of carbonyl (C=O) groups is 1. The van der Waals surface area contributed by atoms with E-state index in [0.717, 1.165) is 25.4 Å². The lowest BCUT2D eigenvalue weighted by Gasteiger charge is -2.41. The Morgan fingerprint density at radius 2 is 1.76 bits per heavy atom. The summed E-state index contributed by atoms with van der Waals surface area (Å²) >= 11 is 6.24. The second-order valence-electron chi connectivity index (χ2n) is 11.9. The Kier molecular flexibility index (Phi) is 8.76. The molecular formula is C32H43ClFN3O. The molecule has 1 amide bonds. The van der Waals surface area contributed by atoms with Crippen LogP contribution in [0.5, 0.6) is 0 Å². The van der Waals surface area contributed by atoms with Crippen molar-refractivity contribution in [1.82, 2.24) is 14.7 Å². The van der Waals surface area contributed by atoms with E-state index in [1.54, 1.807) is 12.1 Å². The Bertz CT molecular complexity index is 1110. The largest absolute Gasteiger partial charge is 0.341 e. The molecule has 4 nitrogen and oxygen atoms in total. The lowest BCUT2D eigenvalue weighted by Crippen LogP contribution is -2.47. The zero-order valence-electron chi connectivity index (χ0n) is 23.2. The van der Waals surface area contributed by atoms with Crippen LogP contribution >= 0.6 is 11.6 Å². The Morgan fingerprint density at radius 3 is 2.47 bits per heavy atom. The Morgan fingerprint density at radius 1 is 1.00 bits per heavy atom. The molecule has 6 heteroatoms. The first-order valence-electron chi connectivity index (χ1n) is 14.6.